The van der Waals surface area contributed by atoms with Crippen LogP contribution in [0.15, 0.2) is 48.7 Å². The van der Waals surface area contributed by atoms with Crippen LogP contribution in [-0.4, -0.2) is 26.6 Å². The molecule has 2 N–H and O–H groups in total. The smallest absolute Gasteiger partial charge is 0.157 e. The van der Waals surface area contributed by atoms with Crippen LogP contribution in [0.3, 0.4) is 0 Å². The Hall–Kier alpha value is -2.89. The zero-order chi connectivity index (χ0) is 14.7. The summed E-state index contributed by atoms with van der Waals surface area (Å²) in [7, 11) is 0. The minimum atomic E-state index is 0.431. The summed E-state index contributed by atoms with van der Waals surface area (Å²) in [6.07, 6.45) is 1.70. The Kier molecular flexibility index (Phi) is 3.51. The molecule has 2 heterocycles. The monoisotopic (exact) mass is 281 g/mol. The van der Waals surface area contributed by atoms with E-state index >= 15 is 0 Å². The van der Waals surface area contributed by atoms with Crippen molar-refractivity contribution in [2.45, 2.75) is 6.92 Å². The van der Waals surface area contributed by atoms with Crippen molar-refractivity contribution < 1.29 is 4.74 Å². The van der Waals surface area contributed by atoms with Gasteiger partial charge in [0.1, 0.15) is 11.4 Å². The maximum absolute atomic E-state index is 6.17. The number of nitrogens with zero attached hydrogens (tertiary/aromatic N) is 4. The lowest BCUT2D eigenvalue weighted by Gasteiger charge is -2.10. The molecule has 1 aromatic carbocycles. The molecule has 0 unspecified atom stereocenters. The van der Waals surface area contributed by atoms with Crippen molar-refractivity contribution in [2.24, 2.45) is 0 Å². The van der Waals surface area contributed by atoms with Gasteiger partial charge in [-0.15, -0.1) is 5.10 Å². The van der Waals surface area contributed by atoms with E-state index in [4.69, 9.17) is 10.5 Å². The molecule has 6 nitrogen and oxygen atoms in total. The van der Waals surface area contributed by atoms with Crippen LogP contribution in [0.25, 0.3) is 17.1 Å². The predicted octanol–water partition coefficient (Wildman–Crippen LogP) is 2.31. The standard InChI is InChI=1S/C15H15N5O/c1-2-21-13-9-4-3-8-12(13)20-15(16)14(18-19-20)11-7-5-6-10-17-11/h3-10H,2,16H2,1H3. The van der Waals surface area contributed by atoms with E-state index in [1.807, 2.05) is 49.4 Å². The number of para-hydroxylation sites is 2. The van der Waals surface area contributed by atoms with Crippen molar-refractivity contribution >= 4 is 5.82 Å². The number of hydrogen-bond donors (Lipinski definition) is 1. The lowest BCUT2D eigenvalue weighted by atomic mass is 10.2. The van der Waals surface area contributed by atoms with Gasteiger partial charge in [-0.05, 0) is 31.2 Å². The molecule has 0 aliphatic carbocycles. The van der Waals surface area contributed by atoms with Gasteiger partial charge in [-0.2, -0.15) is 4.68 Å². The first-order chi connectivity index (χ1) is 10.3. The van der Waals surface area contributed by atoms with Crippen LogP contribution >= 0.6 is 0 Å². The van der Waals surface area contributed by atoms with Crippen molar-refractivity contribution in [3.63, 3.8) is 0 Å². The maximum Gasteiger partial charge on any atom is 0.157 e. The quantitative estimate of drug-likeness (QED) is 0.794. The van der Waals surface area contributed by atoms with E-state index in [1.54, 1.807) is 10.9 Å². The molecule has 0 aliphatic heterocycles. The van der Waals surface area contributed by atoms with E-state index in [2.05, 4.69) is 15.3 Å². The fraction of sp³-hybridized carbons (Fsp3) is 0.133. The van der Waals surface area contributed by atoms with Crippen LogP contribution in [0.1, 0.15) is 6.92 Å². The molecule has 3 aromatic rings. The molecule has 0 saturated heterocycles. The van der Waals surface area contributed by atoms with Gasteiger partial charge >= 0.3 is 0 Å². The maximum atomic E-state index is 6.17. The Morgan fingerprint density at radius 1 is 1.14 bits per heavy atom. The van der Waals surface area contributed by atoms with Gasteiger partial charge in [0.15, 0.2) is 11.5 Å². The fourth-order valence-electron chi connectivity index (χ4n) is 2.06. The molecule has 21 heavy (non-hydrogen) atoms. The van der Waals surface area contributed by atoms with Gasteiger partial charge in [-0.3, -0.25) is 4.98 Å². The molecule has 0 bridgehead atoms. The fourth-order valence-corrected chi connectivity index (χ4v) is 2.06. The average Bonchev–Trinajstić information content (AvgIpc) is 2.91. The van der Waals surface area contributed by atoms with Gasteiger partial charge in [-0.25, -0.2) is 0 Å². The van der Waals surface area contributed by atoms with Gasteiger partial charge < -0.3 is 10.5 Å². The second kappa shape index (κ2) is 5.62. The largest absolute Gasteiger partial charge is 0.492 e. The van der Waals surface area contributed by atoms with E-state index in [1.165, 1.54) is 0 Å². The van der Waals surface area contributed by atoms with E-state index in [0.717, 1.165) is 5.69 Å². The van der Waals surface area contributed by atoms with Gasteiger partial charge in [0, 0.05) is 6.20 Å². The number of anilines is 1. The Bertz CT molecular complexity index is 739. The number of ether oxygens (including phenoxy) is 1. The number of nitrogens with two attached hydrogens (primary N) is 1. The first-order valence-corrected chi connectivity index (χ1v) is 6.66. The molecule has 0 aliphatic rings. The van der Waals surface area contributed by atoms with Crippen molar-refractivity contribution in [2.75, 3.05) is 12.3 Å². The first kappa shape index (κ1) is 13.1. The lowest BCUT2D eigenvalue weighted by molar-refractivity contribution is 0.338. The highest BCUT2D eigenvalue weighted by atomic mass is 16.5. The van der Waals surface area contributed by atoms with Crippen LogP contribution in [-0.2, 0) is 0 Å². The van der Waals surface area contributed by atoms with Crippen molar-refractivity contribution in [1.29, 1.82) is 0 Å². The molecule has 0 radical (unpaired) electrons. The molecule has 0 spiro atoms. The summed E-state index contributed by atoms with van der Waals surface area (Å²) in [6, 6.07) is 13.1. The van der Waals surface area contributed by atoms with E-state index < -0.39 is 0 Å². The Morgan fingerprint density at radius 3 is 2.71 bits per heavy atom. The molecule has 0 amide bonds. The Labute approximate surface area is 122 Å². The van der Waals surface area contributed by atoms with E-state index in [-0.39, 0.29) is 0 Å². The third kappa shape index (κ3) is 2.43. The van der Waals surface area contributed by atoms with Crippen molar-refractivity contribution in [3.8, 4) is 22.8 Å². The summed E-state index contributed by atoms with van der Waals surface area (Å²) >= 11 is 0. The summed E-state index contributed by atoms with van der Waals surface area (Å²) in [5.74, 6) is 1.14. The van der Waals surface area contributed by atoms with Crippen LogP contribution < -0.4 is 10.5 Å². The van der Waals surface area contributed by atoms with E-state index in [0.29, 0.717) is 29.6 Å². The van der Waals surface area contributed by atoms with Gasteiger partial charge in [0.25, 0.3) is 0 Å². The predicted molar refractivity (Wildman–Crippen MR) is 80.2 cm³/mol. The first-order valence-electron chi connectivity index (χ1n) is 6.66. The van der Waals surface area contributed by atoms with Crippen molar-refractivity contribution in [3.05, 3.63) is 48.7 Å². The molecule has 2 aromatic heterocycles. The minimum absolute atomic E-state index is 0.431. The third-order valence-corrected chi connectivity index (χ3v) is 3.01. The number of pyridine rings is 1. The normalized spacial score (nSPS) is 10.5. The summed E-state index contributed by atoms with van der Waals surface area (Å²) in [5.41, 5.74) is 8.18. The van der Waals surface area contributed by atoms with E-state index in [9.17, 15) is 0 Å². The summed E-state index contributed by atoms with van der Waals surface area (Å²) < 4.78 is 7.17. The highest BCUT2D eigenvalue weighted by molar-refractivity contribution is 5.68. The topological polar surface area (TPSA) is 78.8 Å². The Morgan fingerprint density at radius 2 is 1.95 bits per heavy atom. The minimum Gasteiger partial charge on any atom is -0.492 e. The zero-order valence-electron chi connectivity index (χ0n) is 11.6. The summed E-state index contributed by atoms with van der Waals surface area (Å²) in [5, 5.41) is 8.26. The number of benzene rings is 1. The highest BCUT2D eigenvalue weighted by Crippen LogP contribution is 2.28. The summed E-state index contributed by atoms with van der Waals surface area (Å²) in [4.78, 5) is 4.25. The average molecular weight is 281 g/mol. The molecular weight excluding hydrogens is 266 g/mol. The van der Waals surface area contributed by atoms with Crippen LogP contribution in [0.5, 0.6) is 5.75 Å². The Balaban J connectivity index is 2.08. The molecule has 0 atom stereocenters. The second-order valence-electron chi connectivity index (χ2n) is 4.35. The summed E-state index contributed by atoms with van der Waals surface area (Å²) in [6.45, 7) is 2.50. The molecule has 106 valence electrons. The lowest BCUT2D eigenvalue weighted by Crippen LogP contribution is -2.05. The SMILES string of the molecule is CCOc1ccccc1-n1nnc(-c2ccccn2)c1N. The molecule has 6 heteroatoms. The van der Waals surface area contributed by atoms with Gasteiger partial charge in [0.2, 0.25) is 0 Å². The molecule has 0 saturated carbocycles. The zero-order valence-corrected chi connectivity index (χ0v) is 11.6. The van der Waals surface area contributed by atoms with Crippen LogP contribution in [0.4, 0.5) is 5.82 Å². The van der Waals surface area contributed by atoms with Gasteiger partial charge in [-0.1, -0.05) is 23.4 Å². The third-order valence-electron chi connectivity index (χ3n) is 3.01. The number of aromatic nitrogens is 4. The number of nitrogen functional groups attached to an aromatic ring is 1. The molecular formula is C15H15N5O. The second-order valence-corrected chi connectivity index (χ2v) is 4.35. The molecule has 3 rings (SSSR count). The number of rotatable bonds is 4. The highest BCUT2D eigenvalue weighted by Gasteiger charge is 2.16. The van der Waals surface area contributed by atoms with Crippen molar-refractivity contribution in [1.82, 2.24) is 20.0 Å². The van der Waals surface area contributed by atoms with Crippen LogP contribution in [0, 0.1) is 0 Å². The molecule has 0 fully saturated rings. The number of hydrogen-bond acceptors (Lipinski definition) is 5. The van der Waals surface area contributed by atoms with Gasteiger partial charge in [0.05, 0.1) is 12.3 Å². The van der Waals surface area contributed by atoms with Crippen LogP contribution in [0.2, 0.25) is 0 Å².